The third kappa shape index (κ3) is 3.36. The first-order valence-electron chi connectivity index (χ1n) is 7.46. The molecule has 5 heteroatoms. The smallest absolute Gasteiger partial charge is 0.246 e. The van der Waals surface area contributed by atoms with E-state index < -0.39 is 0 Å². The molecule has 0 spiro atoms. The van der Waals surface area contributed by atoms with Gasteiger partial charge in [0.25, 0.3) is 0 Å². The summed E-state index contributed by atoms with van der Waals surface area (Å²) in [4.78, 5) is 13.8. The molecule has 3 rings (SSSR count). The van der Waals surface area contributed by atoms with Gasteiger partial charge in [-0.2, -0.15) is 0 Å². The summed E-state index contributed by atoms with van der Waals surface area (Å²) in [6.07, 6.45) is 4.15. The van der Waals surface area contributed by atoms with Crippen molar-refractivity contribution in [2.75, 3.05) is 26.3 Å². The van der Waals surface area contributed by atoms with E-state index >= 15 is 0 Å². The van der Waals surface area contributed by atoms with Crippen LogP contribution in [0, 0.1) is 5.92 Å². The van der Waals surface area contributed by atoms with Crippen LogP contribution in [0.4, 0.5) is 0 Å². The van der Waals surface area contributed by atoms with E-state index in [1.807, 2.05) is 12.1 Å². The lowest BCUT2D eigenvalue weighted by Gasteiger charge is -2.31. The summed E-state index contributed by atoms with van der Waals surface area (Å²) in [5.41, 5.74) is 0. The molecule has 2 fully saturated rings. The number of carbonyl (C=O) groups is 1. The summed E-state index contributed by atoms with van der Waals surface area (Å²) in [6.45, 7) is 3.61. The molecule has 114 valence electrons. The molecule has 2 aliphatic rings. The summed E-state index contributed by atoms with van der Waals surface area (Å²) in [5.74, 6) is 2.91. The number of amides is 1. The number of carbonyl (C=O) groups excluding carboxylic acids is 1. The Morgan fingerprint density at radius 1 is 1.52 bits per heavy atom. The monoisotopic (exact) mass is 291 g/mol. The predicted octanol–water partition coefficient (Wildman–Crippen LogP) is 1.64. The van der Waals surface area contributed by atoms with Crippen molar-refractivity contribution in [2.24, 2.45) is 5.92 Å². The van der Waals surface area contributed by atoms with Crippen LogP contribution in [0.5, 0.6) is 0 Å². The SMILES string of the molecule is CC1CC1c1ccc(/C=C/C(=O)N2CCOC(CO)C2)o1. The Morgan fingerprint density at radius 3 is 3.05 bits per heavy atom. The first-order chi connectivity index (χ1) is 10.2. The van der Waals surface area contributed by atoms with E-state index in [4.69, 9.17) is 14.3 Å². The Bertz CT molecular complexity index is 536. The second kappa shape index (κ2) is 6.03. The number of aliphatic hydroxyl groups excluding tert-OH is 1. The van der Waals surface area contributed by atoms with Gasteiger partial charge in [0, 0.05) is 25.1 Å². The number of aliphatic hydroxyl groups is 1. The third-order valence-electron chi connectivity index (χ3n) is 4.17. The van der Waals surface area contributed by atoms with Gasteiger partial charge in [0.1, 0.15) is 11.5 Å². The normalized spacial score (nSPS) is 29.0. The topological polar surface area (TPSA) is 62.9 Å². The molecule has 5 nitrogen and oxygen atoms in total. The highest BCUT2D eigenvalue weighted by molar-refractivity contribution is 5.91. The number of rotatable bonds is 4. The Labute approximate surface area is 124 Å². The van der Waals surface area contributed by atoms with Crippen LogP contribution in [-0.2, 0) is 9.53 Å². The first kappa shape index (κ1) is 14.4. The minimum atomic E-state index is -0.275. The van der Waals surface area contributed by atoms with E-state index in [0.29, 0.717) is 37.3 Å². The highest BCUT2D eigenvalue weighted by Gasteiger charge is 2.36. The van der Waals surface area contributed by atoms with Crippen LogP contribution >= 0.6 is 0 Å². The van der Waals surface area contributed by atoms with Crippen molar-refractivity contribution in [1.82, 2.24) is 4.90 Å². The summed E-state index contributed by atoms with van der Waals surface area (Å²) in [7, 11) is 0. The van der Waals surface area contributed by atoms with E-state index in [0.717, 1.165) is 5.76 Å². The molecule has 1 aromatic heterocycles. The Kier molecular flexibility index (Phi) is 4.12. The molecule has 1 aromatic rings. The van der Waals surface area contributed by atoms with Gasteiger partial charge in [-0.25, -0.2) is 0 Å². The van der Waals surface area contributed by atoms with Crippen LogP contribution < -0.4 is 0 Å². The van der Waals surface area contributed by atoms with Crippen LogP contribution in [0.3, 0.4) is 0 Å². The summed E-state index contributed by atoms with van der Waals surface area (Å²) in [5, 5.41) is 9.08. The lowest BCUT2D eigenvalue weighted by Crippen LogP contribution is -2.46. The number of morpholine rings is 1. The number of hydrogen-bond acceptors (Lipinski definition) is 4. The fraction of sp³-hybridized carbons (Fsp3) is 0.562. The molecule has 2 heterocycles. The van der Waals surface area contributed by atoms with E-state index in [2.05, 4.69) is 6.92 Å². The molecular weight excluding hydrogens is 270 g/mol. The van der Waals surface area contributed by atoms with Crippen molar-refractivity contribution in [1.29, 1.82) is 0 Å². The summed E-state index contributed by atoms with van der Waals surface area (Å²) in [6, 6.07) is 3.90. The summed E-state index contributed by atoms with van der Waals surface area (Å²) >= 11 is 0. The van der Waals surface area contributed by atoms with Gasteiger partial charge in [-0.3, -0.25) is 4.79 Å². The molecule has 1 saturated heterocycles. The zero-order valence-electron chi connectivity index (χ0n) is 12.2. The van der Waals surface area contributed by atoms with Crippen LogP contribution in [0.15, 0.2) is 22.6 Å². The quantitative estimate of drug-likeness (QED) is 0.857. The molecule has 3 unspecified atom stereocenters. The van der Waals surface area contributed by atoms with Crippen molar-refractivity contribution in [3.05, 3.63) is 29.7 Å². The maximum absolute atomic E-state index is 12.1. The Balaban J connectivity index is 1.57. The second-order valence-electron chi connectivity index (χ2n) is 5.85. The molecule has 1 saturated carbocycles. The minimum absolute atomic E-state index is 0.0609. The second-order valence-corrected chi connectivity index (χ2v) is 5.85. The van der Waals surface area contributed by atoms with Crippen LogP contribution in [0.2, 0.25) is 0 Å². The van der Waals surface area contributed by atoms with E-state index in [-0.39, 0.29) is 18.6 Å². The van der Waals surface area contributed by atoms with Gasteiger partial charge in [0.05, 0.1) is 19.3 Å². The average Bonchev–Trinajstić information content (AvgIpc) is 3.06. The lowest BCUT2D eigenvalue weighted by molar-refractivity contribution is -0.134. The van der Waals surface area contributed by atoms with Gasteiger partial charge < -0.3 is 19.2 Å². The number of furan rings is 1. The molecule has 0 aromatic carbocycles. The van der Waals surface area contributed by atoms with Gasteiger partial charge >= 0.3 is 0 Å². The molecule has 1 aliphatic carbocycles. The number of hydrogen-bond donors (Lipinski definition) is 1. The largest absolute Gasteiger partial charge is 0.461 e. The van der Waals surface area contributed by atoms with Crippen molar-refractivity contribution in [2.45, 2.75) is 25.4 Å². The maximum Gasteiger partial charge on any atom is 0.246 e. The highest BCUT2D eigenvalue weighted by atomic mass is 16.5. The minimum Gasteiger partial charge on any atom is -0.461 e. The van der Waals surface area contributed by atoms with Crippen molar-refractivity contribution >= 4 is 12.0 Å². The van der Waals surface area contributed by atoms with E-state index in [9.17, 15) is 4.79 Å². The van der Waals surface area contributed by atoms with Gasteiger partial charge in [-0.05, 0) is 30.5 Å². The third-order valence-corrected chi connectivity index (χ3v) is 4.17. The van der Waals surface area contributed by atoms with Crippen molar-refractivity contribution in [3.8, 4) is 0 Å². The number of nitrogens with zero attached hydrogens (tertiary/aromatic N) is 1. The molecule has 0 bridgehead atoms. The molecule has 21 heavy (non-hydrogen) atoms. The Hall–Kier alpha value is -1.59. The zero-order chi connectivity index (χ0) is 14.8. The zero-order valence-corrected chi connectivity index (χ0v) is 12.2. The average molecular weight is 291 g/mol. The van der Waals surface area contributed by atoms with E-state index in [1.54, 1.807) is 11.0 Å². The van der Waals surface area contributed by atoms with E-state index in [1.165, 1.54) is 12.5 Å². The summed E-state index contributed by atoms with van der Waals surface area (Å²) < 4.78 is 11.1. The van der Waals surface area contributed by atoms with Gasteiger partial charge in [-0.15, -0.1) is 0 Å². The first-order valence-corrected chi connectivity index (χ1v) is 7.46. The highest BCUT2D eigenvalue weighted by Crippen LogP contribution is 2.47. The van der Waals surface area contributed by atoms with Gasteiger partial charge in [0.15, 0.2) is 0 Å². The molecule has 0 radical (unpaired) electrons. The predicted molar refractivity (Wildman–Crippen MR) is 77.7 cm³/mol. The van der Waals surface area contributed by atoms with Gasteiger partial charge in [0.2, 0.25) is 5.91 Å². The fourth-order valence-electron chi connectivity index (χ4n) is 2.66. The molecule has 1 aliphatic heterocycles. The maximum atomic E-state index is 12.1. The number of ether oxygens (including phenoxy) is 1. The molecule has 1 amide bonds. The van der Waals surface area contributed by atoms with Crippen LogP contribution in [0.1, 0.15) is 30.8 Å². The van der Waals surface area contributed by atoms with Crippen molar-refractivity contribution < 1.29 is 19.1 Å². The van der Waals surface area contributed by atoms with Crippen LogP contribution in [0.25, 0.3) is 6.08 Å². The van der Waals surface area contributed by atoms with Crippen molar-refractivity contribution in [3.63, 3.8) is 0 Å². The Morgan fingerprint density at radius 2 is 2.33 bits per heavy atom. The molecule has 3 atom stereocenters. The fourth-order valence-corrected chi connectivity index (χ4v) is 2.66. The van der Waals surface area contributed by atoms with Gasteiger partial charge in [-0.1, -0.05) is 6.92 Å². The van der Waals surface area contributed by atoms with Crippen LogP contribution in [-0.4, -0.2) is 48.3 Å². The molecule has 1 N–H and O–H groups in total. The lowest BCUT2D eigenvalue weighted by atomic mass is 10.2. The standard InChI is InChI=1S/C16H21NO4/c1-11-8-14(11)15-4-2-12(21-15)3-5-16(19)17-6-7-20-13(9-17)10-18/h2-5,11,13-14,18H,6-10H2,1H3/b5-3+. The molecular formula is C16H21NO4.